The number of carbonyl (C=O) groups excluding carboxylic acids is 3. The van der Waals surface area contributed by atoms with Crippen molar-refractivity contribution in [1.82, 2.24) is 10.6 Å². The van der Waals surface area contributed by atoms with E-state index in [9.17, 15) is 14.4 Å². The summed E-state index contributed by atoms with van der Waals surface area (Å²) in [6.07, 6.45) is 0.594. The van der Waals surface area contributed by atoms with Crippen LogP contribution in [0.5, 0.6) is 5.75 Å². The molecule has 0 bridgehead atoms. The van der Waals surface area contributed by atoms with Gasteiger partial charge in [0.05, 0.1) is 0 Å². The maximum Gasteiger partial charge on any atom is 0.347 e. The summed E-state index contributed by atoms with van der Waals surface area (Å²) < 4.78 is 10.1. The number of carbonyl (C=O) groups is 3. The first kappa shape index (κ1) is 17.2. The van der Waals surface area contributed by atoms with Crippen LogP contribution in [0.3, 0.4) is 0 Å². The number of nitrogens with one attached hydrogen (secondary N) is 2. The average Bonchev–Trinajstić information content (AvgIpc) is 2.51. The number of imide groups is 1. The van der Waals surface area contributed by atoms with Crippen LogP contribution in [0.2, 0.25) is 0 Å². The third kappa shape index (κ3) is 6.56. The van der Waals surface area contributed by atoms with Gasteiger partial charge in [-0.15, -0.1) is 6.58 Å². The van der Waals surface area contributed by atoms with Crippen molar-refractivity contribution in [2.24, 2.45) is 0 Å². The lowest BCUT2D eigenvalue weighted by Crippen LogP contribution is -2.42. The van der Waals surface area contributed by atoms with E-state index in [1.165, 1.54) is 13.0 Å². The molecule has 0 aliphatic carbocycles. The minimum absolute atomic E-state index is 0.223. The van der Waals surface area contributed by atoms with Gasteiger partial charge in [-0.2, -0.15) is 0 Å². The molecule has 7 heteroatoms. The quantitative estimate of drug-likeness (QED) is 0.579. The average molecular weight is 306 g/mol. The van der Waals surface area contributed by atoms with Gasteiger partial charge in [0.25, 0.3) is 5.91 Å². The molecule has 0 heterocycles. The maximum absolute atomic E-state index is 11.7. The highest BCUT2D eigenvalue weighted by Crippen LogP contribution is 2.11. The second-order valence-corrected chi connectivity index (χ2v) is 4.23. The van der Waals surface area contributed by atoms with E-state index in [4.69, 9.17) is 9.47 Å². The van der Waals surface area contributed by atoms with E-state index in [1.54, 1.807) is 24.3 Å². The smallest absolute Gasteiger partial charge is 0.347 e. The summed E-state index contributed by atoms with van der Waals surface area (Å²) in [5, 5.41) is 4.36. The number of para-hydroxylation sites is 1. The largest absolute Gasteiger partial charge is 0.479 e. The van der Waals surface area contributed by atoms with Crippen LogP contribution in [0.1, 0.15) is 6.92 Å². The van der Waals surface area contributed by atoms with E-state index in [2.05, 4.69) is 11.9 Å². The van der Waals surface area contributed by atoms with Gasteiger partial charge < -0.3 is 14.8 Å². The third-order valence-electron chi connectivity index (χ3n) is 2.39. The van der Waals surface area contributed by atoms with Gasteiger partial charge in [0.1, 0.15) is 5.75 Å². The number of urea groups is 1. The summed E-state index contributed by atoms with van der Waals surface area (Å²) in [4.78, 5) is 34.2. The van der Waals surface area contributed by atoms with Crippen molar-refractivity contribution in [2.45, 2.75) is 13.0 Å². The van der Waals surface area contributed by atoms with E-state index < -0.39 is 30.6 Å². The Balaban J connectivity index is 2.31. The minimum Gasteiger partial charge on any atom is -0.479 e. The first-order valence-electron chi connectivity index (χ1n) is 6.60. The van der Waals surface area contributed by atoms with Crippen molar-refractivity contribution >= 4 is 17.9 Å². The second-order valence-electron chi connectivity index (χ2n) is 4.23. The molecule has 7 nitrogen and oxygen atoms in total. The molecule has 118 valence electrons. The predicted molar refractivity (Wildman–Crippen MR) is 79.2 cm³/mol. The Kier molecular flexibility index (Phi) is 7.18. The number of benzene rings is 1. The van der Waals surface area contributed by atoms with Gasteiger partial charge in [-0.3, -0.25) is 10.1 Å². The van der Waals surface area contributed by atoms with Crippen molar-refractivity contribution in [1.29, 1.82) is 0 Å². The molecule has 22 heavy (non-hydrogen) atoms. The van der Waals surface area contributed by atoms with Gasteiger partial charge in [-0.05, 0) is 19.1 Å². The predicted octanol–water partition coefficient (Wildman–Crippen LogP) is 1.01. The SMILES string of the molecule is C=CCNC(=O)NC(=O)COC(=O)[C@@H](C)Oc1ccccc1. The number of hydrogen-bond donors (Lipinski definition) is 2. The van der Waals surface area contributed by atoms with Gasteiger partial charge in [0.15, 0.2) is 12.7 Å². The molecular weight excluding hydrogens is 288 g/mol. The topological polar surface area (TPSA) is 93.7 Å². The Morgan fingerprint density at radius 3 is 2.59 bits per heavy atom. The van der Waals surface area contributed by atoms with Gasteiger partial charge in [-0.25, -0.2) is 9.59 Å². The molecule has 0 radical (unpaired) electrons. The zero-order valence-corrected chi connectivity index (χ0v) is 12.2. The summed E-state index contributed by atoms with van der Waals surface area (Å²) >= 11 is 0. The van der Waals surface area contributed by atoms with Crippen LogP contribution in [-0.2, 0) is 14.3 Å². The molecule has 2 N–H and O–H groups in total. The van der Waals surface area contributed by atoms with Crippen LogP contribution in [0.25, 0.3) is 0 Å². The minimum atomic E-state index is -0.871. The third-order valence-corrected chi connectivity index (χ3v) is 2.39. The standard InChI is InChI=1S/C15H18N2O5/c1-3-9-16-15(20)17-13(18)10-21-14(19)11(2)22-12-7-5-4-6-8-12/h3-8,11H,1,9-10H2,2H3,(H2,16,17,18,20)/t11-/m1/s1. The molecule has 0 spiro atoms. The van der Waals surface area contributed by atoms with E-state index in [1.807, 2.05) is 11.4 Å². The maximum atomic E-state index is 11.7. The molecule has 1 aromatic carbocycles. The number of rotatable bonds is 7. The molecule has 0 unspecified atom stereocenters. The Morgan fingerprint density at radius 1 is 1.27 bits per heavy atom. The lowest BCUT2D eigenvalue weighted by atomic mass is 10.3. The molecule has 3 amide bonds. The number of esters is 1. The van der Waals surface area contributed by atoms with Crippen LogP contribution in [0.15, 0.2) is 43.0 Å². The molecule has 0 aliphatic rings. The van der Waals surface area contributed by atoms with Crippen LogP contribution < -0.4 is 15.4 Å². The van der Waals surface area contributed by atoms with E-state index in [0.29, 0.717) is 5.75 Å². The highest BCUT2D eigenvalue weighted by Gasteiger charge is 2.18. The second kappa shape index (κ2) is 9.17. The first-order chi connectivity index (χ1) is 10.5. The van der Waals surface area contributed by atoms with Crippen LogP contribution in [-0.4, -0.2) is 37.2 Å². The fourth-order valence-electron chi connectivity index (χ4n) is 1.38. The van der Waals surface area contributed by atoms with E-state index >= 15 is 0 Å². The molecule has 1 rings (SSSR count). The lowest BCUT2D eigenvalue weighted by Gasteiger charge is -2.13. The molecular formula is C15H18N2O5. The summed E-state index contributed by atoms with van der Waals surface area (Å²) in [7, 11) is 0. The fourth-order valence-corrected chi connectivity index (χ4v) is 1.38. The highest BCUT2D eigenvalue weighted by molar-refractivity contribution is 5.95. The lowest BCUT2D eigenvalue weighted by molar-refractivity contribution is -0.154. The summed E-state index contributed by atoms with van der Waals surface area (Å²) in [5.74, 6) is -0.924. The summed E-state index contributed by atoms with van der Waals surface area (Å²) in [5.41, 5.74) is 0. The van der Waals surface area contributed by atoms with Crippen LogP contribution >= 0.6 is 0 Å². The van der Waals surface area contributed by atoms with Crippen molar-refractivity contribution in [2.75, 3.05) is 13.2 Å². The van der Waals surface area contributed by atoms with E-state index in [-0.39, 0.29) is 6.54 Å². The highest BCUT2D eigenvalue weighted by atomic mass is 16.6. The van der Waals surface area contributed by atoms with Crippen molar-refractivity contribution in [3.8, 4) is 5.75 Å². The molecule has 0 fully saturated rings. The zero-order valence-electron chi connectivity index (χ0n) is 12.2. The fraction of sp³-hybridized carbons (Fsp3) is 0.267. The van der Waals surface area contributed by atoms with Crippen LogP contribution in [0, 0.1) is 0 Å². The van der Waals surface area contributed by atoms with E-state index in [0.717, 1.165) is 0 Å². The zero-order chi connectivity index (χ0) is 16.4. The number of amides is 3. The monoisotopic (exact) mass is 306 g/mol. The Morgan fingerprint density at radius 2 is 1.95 bits per heavy atom. The first-order valence-corrected chi connectivity index (χ1v) is 6.60. The molecule has 0 aromatic heterocycles. The summed E-state index contributed by atoms with van der Waals surface area (Å²) in [6, 6.07) is 8.05. The molecule has 0 saturated heterocycles. The molecule has 1 aromatic rings. The normalized spacial score (nSPS) is 11.0. The van der Waals surface area contributed by atoms with Crippen molar-refractivity contribution in [3.63, 3.8) is 0 Å². The van der Waals surface area contributed by atoms with Crippen molar-refractivity contribution < 1.29 is 23.9 Å². The van der Waals surface area contributed by atoms with Gasteiger partial charge >= 0.3 is 12.0 Å². The van der Waals surface area contributed by atoms with Gasteiger partial charge in [0, 0.05) is 6.54 Å². The molecule has 1 atom stereocenters. The Hall–Kier alpha value is -2.83. The molecule has 0 aliphatic heterocycles. The Labute approximate surface area is 128 Å². The summed E-state index contributed by atoms with van der Waals surface area (Å²) in [6.45, 7) is 4.57. The number of hydrogen-bond acceptors (Lipinski definition) is 5. The molecule has 0 saturated carbocycles. The van der Waals surface area contributed by atoms with Crippen molar-refractivity contribution in [3.05, 3.63) is 43.0 Å². The van der Waals surface area contributed by atoms with Gasteiger partial charge in [0.2, 0.25) is 0 Å². The Bertz CT molecular complexity index is 530. The number of ether oxygens (including phenoxy) is 2. The van der Waals surface area contributed by atoms with Crippen LogP contribution in [0.4, 0.5) is 4.79 Å². The van der Waals surface area contributed by atoms with Gasteiger partial charge in [-0.1, -0.05) is 24.3 Å².